The second-order valence-corrected chi connectivity index (χ2v) is 14.0. The molecule has 4 aromatic rings. The minimum absolute atomic E-state index is 0.262. The van der Waals surface area contributed by atoms with Crippen LogP contribution >= 0.6 is 6.26 Å². The molecule has 6 nitrogen and oxygen atoms in total. The molecule has 2 aromatic carbocycles. The average Bonchev–Trinajstić information content (AvgIpc) is 3.37. The maximum atomic E-state index is 6.85. The van der Waals surface area contributed by atoms with E-state index in [1.807, 2.05) is 72.5 Å². The van der Waals surface area contributed by atoms with Gasteiger partial charge in [-0.3, -0.25) is 4.98 Å². The standard InChI is InChI=1S/C30H30N5OPS/c1-21-27-29(35(33-21)23-13-6-5-7-14-23)32-20-26(37(27,38)36-19-17-22-12-10-11-18-31-22)28-30(2,3)24-15-8-9-16-25(24)34(28)4/h5-16,18,20H,17,19H2,1-4H3/b28-26+/t37-/m1/s1. The lowest BCUT2D eigenvalue weighted by atomic mass is 9.84. The van der Waals surface area contributed by atoms with Crippen molar-refractivity contribution in [3.8, 4) is 5.69 Å². The van der Waals surface area contributed by atoms with Gasteiger partial charge < -0.3 is 9.42 Å². The Kier molecular flexibility index (Phi) is 6.18. The number of aryl methyl sites for hydroxylation is 1. The number of likely N-dealkylation sites (N-methyl/N-ethyl adjacent to an activating group) is 1. The van der Waals surface area contributed by atoms with Crippen molar-refractivity contribution >= 4 is 41.1 Å². The predicted octanol–water partition coefficient (Wildman–Crippen LogP) is 6.21. The largest absolute Gasteiger partial charge is 0.346 e. The van der Waals surface area contributed by atoms with Gasteiger partial charge in [0.05, 0.1) is 28.6 Å². The number of aromatic nitrogens is 3. The molecule has 0 spiro atoms. The molecular weight excluding hydrogens is 509 g/mol. The Balaban J connectivity index is 1.53. The molecule has 2 aliphatic heterocycles. The Labute approximate surface area is 228 Å². The van der Waals surface area contributed by atoms with Gasteiger partial charge in [0.2, 0.25) is 0 Å². The molecule has 192 valence electrons. The van der Waals surface area contributed by atoms with E-state index in [0.29, 0.717) is 13.0 Å². The Hall–Kier alpha value is -3.38. The lowest BCUT2D eigenvalue weighted by Gasteiger charge is -2.34. The number of rotatable bonds is 5. The normalized spacial score (nSPS) is 21.4. The van der Waals surface area contributed by atoms with E-state index >= 15 is 0 Å². The zero-order chi connectivity index (χ0) is 26.5. The van der Waals surface area contributed by atoms with Crippen LogP contribution in [-0.4, -0.2) is 34.6 Å². The fourth-order valence-corrected chi connectivity index (χ4v) is 9.58. The fraction of sp³-hybridized carbons (Fsp3) is 0.233. The smallest absolute Gasteiger partial charge is 0.166 e. The Morgan fingerprint density at radius 1 is 0.974 bits per heavy atom. The van der Waals surface area contributed by atoms with Gasteiger partial charge in [-0.1, -0.05) is 68.1 Å². The van der Waals surface area contributed by atoms with E-state index in [2.05, 4.69) is 55.0 Å². The van der Waals surface area contributed by atoms with Gasteiger partial charge in [-0.15, -0.1) is 0 Å². The summed E-state index contributed by atoms with van der Waals surface area (Å²) in [6, 6.07) is 24.6. The lowest BCUT2D eigenvalue weighted by molar-refractivity contribution is 0.361. The maximum absolute atomic E-state index is 6.85. The number of hydrogen-bond acceptors (Lipinski definition) is 6. The van der Waals surface area contributed by atoms with Crippen LogP contribution in [0.3, 0.4) is 0 Å². The number of pyridine rings is 1. The van der Waals surface area contributed by atoms with E-state index in [4.69, 9.17) is 26.4 Å². The van der Waals surface area contributed by atoms with E-state index in [9.17, 15) is 0 Å². The van der Waals surface area contributed by atoms with E-state index in [1.54, 1.807) is 0 Å². The highest BCUT2D eigenvalue weighted by molar-refractivity contribution is 8.18. The highest BCUT2D eigenvalue weighted by Crippen LogP contribution is 2.63. The molecular formula is C30H30N5OPS. The number of benzene rings is 2. The first kappa shape index (κ1) is 24.9. The molecule has 1 atom stereocenters. The summed E-state index contributed by atoms with van der Waals surface area (Å²) >= 11 is 6.64. The van der Waals surface area contributed by atoms with Crippen molar-refractivity contribution in [2.24, 2.45) is 4.99 Å². The SMILES string of the molecule is Cc1nn(-c2ccccc2)c2c1[P@@](=S)(OCCc1ccccn1)/C(=C1/N(C)c3ccccc3C1(C)C)C=N2. The zero-order valence-corrected chi connectivity index (χ0v) is 23.7. The quantitative estimate of drug-likeness (QED) is 0.282. The van der Waals surface area contributed by atoms with Gasteiger partial charge in [0, 0.05) is 48.4 Å². The van der Waals surface area contributed by atoms with Crippen LogP contribution in [0.1, 0.15) is 30.8 Å². The molecule has 4 heterocycles. The average molecular weight is 540 g/mol. The number of allylic oxidation sites excluding steroid dienone is 2. The molecule has 0 aliphatic carbocycles. The molecule has 0 unspecified atom stereocenters. The van der Waals surface area contributed by atoms with Crippen molar-refractivity contribution in [1.29, 1.82) is 0 Å². The zero-order valence-electron chi connectivity index (χ0n) is 22.0. The molecule has 6 rings (SSSR count). The highest BCUT2D eigenvalue weighted by Gasteiger charge is 2.46. The predicted molar refractivity (Wildman–Crippen MR) is 159 cm³/mol. The third kappa shape index (κ3) is 3.89. The molecule has 2 aliphatic rings. The van der Waals surface area contributed by atoms with Crippen LogP contribution in [0.15, 0.2) is 95.0 Å². The Morgan fingerprint density at radius 3 is 2.45 bits per heavy atom. The number of aliphatic imine (C=N–C) groups is 1. The minimum atomic E-state index is -2.77. The number of para-hydroxylation sites is 2. The summed E-state index contributed by atoms with van der Waals surface area (Å²) in [5, 5.41) is 6.84. The van der Waals surface area contributed by atoms with Crippen LogP contribution in [-0.2, 0) is 28.2 Å². The van der Waals surface area contributed by atoms with Crippen LogP contribution in [0.4, 0.5) is 11.5 Å². The number of fused-ring (bicyclic) bond motifs is 2. The second-order valence-electron chi connectivity index (χ2n) is 10.2. The van der Waals surface area contributed by atoms with Crippen LogP contribution < -0.4 is 10.2 Å². The maximum Gasteiger partial charge on any atom is 0.166 e. The molecule has 0 saturated heterocycles. The van der Waals surface area contributed by atoms with E-state index in [1.165, 1.54) is 11.3 Å². The number of nitrogens with zero attached hydrogens (tertiary/aromatic N) is 5. The summed E-state index contributed by atoms with van der Waals surface area (Å²) in [5.41, 5.74) is 6.13. The summed E-state index contributed by atoms with van der Waals surface area (Å²) in [5.74, 6) is 0.759. The van der Waals surface area contributed by atoms with Crippen LogP contribution in [0.2, 0.25) is 0 Å². The molecule has 2 aromatic heterocycles. The van der Waals surface area contributed by atoms with Gasteiger partial charge >= 0.3 is 0 Å². The van der Waals surface area contributed by atoms with Crippen molar-refractivity contribution in [3.05, 3.63) is 107 Å². The molecule has 0 amide bonds. The van der Waals surface area contributed by atoms with Gasteiger partial charge in [-0.2, -0.15) is 5.10 Å². The van der Waals surface area contributed by atoms with Crippen molar-refractivity contribution in [3.63, 3.8) is 0 Å². The lowest BCUT2D eigenvalue weighted by Crippen LogP contribution is -2.28. The topological polar surface area (TPSA) is 55.5 Å². The first-order valence-electron chi connectivity index (χ1n) is 12.7. The monoisotopic (exact) mass is 539 g/mol. The molecule has 0 fully saturated rings. The summed E-state index contributed by atoms with van der Waals surface area (Å²) in [4.78, 5) is 11.7. The molecule has 0 bridgehead atoms. The van der Waals surface area contributed by atoms with Crippen molar-refractivity contribution < 1.29 is 4.52 Å². The van der Waals surface area contributed by atoms with Crippen LogP contribution in [0.25, 0.3) is 5.69 Å². The third-order valence-corrected chi connectivity index (χ3v) is 11.5. The third-order valence-electron chi connectivity index (χ3n) is 7.39. The number of hydrogen-bond donors (Lipinski definition) is 0. The van der Waals surface area contributed by atoms with Gasteiger partial charge in [0.1, 0.15) is 6.26 Å². The fourth-order valence-electron chi connectivity index (χ4n) is 5.65. The van der Waals surface area contributed by atoms with E-state index in [-0.39, 0.29) is 5.41 Å². The van der Waals surface area contributed by atoms with Gasteiger partial charge in [-0.05, 0) is 42.8 Å². The first-order valence-corrected chi connectivity index (χ1v) is 15.5. The number of anilines is 1. The molecule has 8 heteroatoms. The van der Waals surface area contributed by atoms with Crippen LogP contribution in [0, 0.1) is 6.92 Å². The summed E-state index contributed by atoms with van der Waals surface area (Å²) in [7, 11) is 2.12. The van der Waals surface area contributed by atoms with Crippen molar-refractivity contribution in [2.75, 3.05) is 18.6 Å². The van der Waals surface area contributed by atoms with Crippen molar-refractivity contribution in [1.82, 2.24) is 14.8 Å². The van der Waals surface area contributed by atoms with Gasteiger partial charge in [0.15, 0.2) is 5.82 Å². The summed E-state index contributed by atoms with van der Waals surface area (Å²) < 4.78 is 8.75. The highest BCUT2D eigenvalue weighted by atomic mass is 32.4. The first-order chi connectivity index (χ1) is 18.3. The van der Waals surface area contributed by atoms with E-state index < -0.39 is 6.26 Å². The molecule has 0 radical (unpaired) electrons. The van der Waals surface area contributed by atoms with E-state index in [0.717, 1.165) is 39.2 Å². The molecule has 0 N–H and O–H groups in total. The summed E-state index contributed by atoms with van der Waals surface area (Å²) in [6.07, 6.45) is 1.67. The second kappa shape index (κ2) is 9.42. The summed E-state index contributed by atoms with van der Waals surface area (Å²) in [6.45, 7) is 7.00. The van der Waals surface area contributed by atoms with Crippen LogP contribution in [0.5, 0.6) is 0 Å². The van der Waals surface area contributed by atoms with Gasteiger partial charge in [0.25, 0.3) is 0 Å². The van der Waals surface area contributed by atoms with Crippen molar-refractivity contribution in [2.45, 2.75) is 32.6 Å². The minimum Gasteiger partial charge on any atom is -0.346 e. The Morgan fingerprint density at radius 2 is 1.71 bits per heavy atom. The van der Waals surface area contributed by atoms with Gasteiger partial charge in [-0.25, -0.2) is 9.67 Å². The molecule has 38 heavy (non-hydrogen) atoms. The Bertz CT molecular complexity index is 1630. The molecule has 0 saturated carbocycles.